The summed E-state index contributed by atoms with van der Waals surface area (Å²) < 4.78 is 2.13. The van der Waals surface area contributed by atoms with Crippen LogP contribution in [0.25, 0.3) is 10.2 Å². The van der Waals surface area contributed by atoms with Gasteiger partial charge in [0.2, 0.25) is 5.91 Å². The average molecular weight is 427 g/mol. The Bertz CT molecular complexity index is 913. The number of amides is 1. The highest BCUT2D eigenvalue weighted by Gasteiger charge is 2.24. The topological polar surface area (TPSA) is 57.3 Å². The normalized spacial score (nSPS) is 18.9. The number of thiazole rings is 1. The average Bonchev–Trinajstić information content (AvgIpc) is 3.39. The molecule has 0 aliphatic carbocycles. The van der Waals surface area contributed by atoms with Crippen LogP contribution in [-0.4, -0.2) is 41.2 Å². The highest BCUT2D eigenvalue weighted by molar-refractivity contribution is 8.01. The molecule has 0 radical (unpaired) electrons. The molecule has 2 N–H and O–H groups in total. The van der Waals surface area contributed by atoms with E-state index in [1.807, 2.05) is 36.2 Å². The SMILES string of the molecule is CN(CCCC1CC(c2ccccc2)NN1)C(=O)CSc1nc2ccccc2s1. The number of aromatic nitrogens is 1. The first kappa shape index (κ1) is 20.3. The number of nitrogens with one attached hydrogen (secondary N) is 2. The van der Waals surface area contributed by atoms with Gasteiger partial charge in [0.25, 0.3) is 0 Å². The molecule has 0 saturated carbocycles. The van der Waals surface area contributed by atoms with Gasteiger partial charge in [0.15, 0.2) is 4.34 Å². The molecule has 152 valence electrons. The highest BCUT2D eigenvalue weighted by atomic mass is 32.2. The Morgan fingerprint density at radius 1 is 1.17 bits per heavy atom. The van der Waals surface area contributed by atoms with Crippen LogP contribution in [0.15, 0.2) is 58.9 Å². The minimum Gasteiger partial charge on any atom is -0.345 e. The number of rotatable bonds is 8. The highest BCUT2D eigenvalue weighted by Crippen LogP contribution is 2.29. The van der Waals surface area contributed by atoms with E-state index in [4.69, 9.17) is 0 Å². The molecule has 0 bridgehead atoms. The van der Waals surface area contributed by atoms with E-state index in [1.165, 1.54) is 22.0 Å². The summed E-state index contributed by atoms with van der Waals surface area (Å²) in [5, 5.41) is 0. The summed E-state index contributed by atoms with van der Waals surface area (Å²) in [6, 6.07) is 19.4. The summed E-state index contributed by atoms with van der Waals surface area (Å²) >= 11 is 3.18. The van der Waals surface area contributed by atoms with Gasteiger partial charge in [-0.2, -0.15) is 0 Å². The van der Waals surface area contributed by atoms with E-state index in [-0.39, 0.29) is 5.91 Å². The maximum Gasteiger partial charge on any atom is 0.232 e. The number of thioether (sulfide) groups is 1. The fraction of sp³-hybridized carbons (Fsp3) is 0.364. The minimum absolute atomic E-state index is 0.161. The molecule has 1 aromatic heterocycles. The van der Waals surface area contributed by atoms with Crippen molar-refractivity contribution in [3.8, 4) is 0 Å². The van der Waals surface area contributed by atoms with Crippen molar-refractivity contribution in [3.05, 3.63) is 60.2 Å². The maximum absolute atomic E-state index is 12.4. The Hall–Kier alpha value is -1.93. The summed E-state index contributed by atoms with van der Waals surface area (Å²) in [5.74, 6) is 0.601. The lowest BCUT2D eigenvalue weighted by Crippen LogP contribution is -2.33. The fourth-order valence-electron chi connectivity index (χ4n) is 3.56. The summed E-state index contributed by atoms with van der Waals surface area (Å²) in [6.07, 6.45) is 3.13. The third kappa shape index (κ3) is 5.36. The van der Waals surface area contributed by atoms with Crippen LogP contribution in [-0.2, 0) is 4.79 Å². The quantitative estimate of drug-likeness (QED) is 0.528. The number of hydrazine groups is 1. The van der Waals surface area contributed by atoms with Gasteiger partial charge in [-0.25, -0.2) is 4.98 Å². The monoisotopic (exact) mass is 426 g/mol. The van der Waals surface area contributed by atoms with Gasteiger partial charge in [-0.1, -0.05) is 54.2 Å². The van der Waals surface area contributed by atoms with Crippen LogP contribution in [0.3, 0.4) is 0 Å². The fourth-order valence-corrected chi connectivity index (χ4v) is 5.57. The molecule has 1 fully saturated rings. The van der Waals surface area contributed by atoms with Crippen molar-refractivity contribution in [1.82, 2.24) is 20.7 Å². The molecule has 1 saturated heterocycles. The molecule has 2 atom stereocenters. The van der Waals surface area contributed by atoms with Crippen molar-refractivity contribution in [2.24, 2.45) is 0 Å². The van der Waals surface area contributed by atoms with Gasteiger partial charge in [-0.05, 0) is 37.0 Å². The van der Waals surface area contributed by atoms with Crippen molar-refractivity contribution in [3.63, 3.8) is 0 Å². The number of hydrogen-bond acceptors (Lipinski definition) is 6. The second kappa shape index (κ2) is 9.71. The van der Waals surface area contributed by atoms with Crippen molar-refractivity contribution in [2.75, 3.05) is 19.3 Å². The van der Waals surface area contributed by atoms with Gasteiger partial charge in [0.1, 0.15) is 0 Å². The first-order chi connectivity index (χ1) is 14.2. The molecular weight excluding hydrogens is 400 g/mol. The molecule has 4 rings (SSSR count). The van der Waals surface area contributed by atoms with E-state index < -0.39 is 0 Å². The lowest BCUT2D eigenvalue weighted by atomic mass is 10.00. The lowest BCUT2D eigenvalue weighted by molar-refractivity contribution is -0.127. The molecule has 29 heavy (non-hydrogen) atoms. The van der Waals surface area contributed by atoms with Crippen molar-refractivity contribution in [1.29, 1.82) is 0 Å². The van der Waals surface area contributed by atoms with Gasteiger partial charge in [-0.15, -0.1) is 11.3 Å². The van der Waals surface area contributed by atoms with Gasteiger partial charge in [0, 0.05) is 25.7 Å². The number of para-hydroxylation sites is 1. The van der Waals surface area contributed by atoms with E-state index >= 15 is 0 Å². The van der Waals surface area contributed by atoms with E-state index in [1.54, 1.807) is 11.3 Å². The molecule has 0 spiro atoms. The minimum atomic E-state index is 0.161. The van der Waals surface area contributed by atoms with Gasteiger partial charge in [-0.3, -0.25) is 15.6 Å². The predicted octanol–water partition coefficient (Wildman–Crippen LogP) is 4.23. The molecule has 2 unspecified atom stereocenters. The second-order valence-corrected chi connectivity index (χ2v) is 9.63. The maximum atomic E-state index is 12.4. The molecule has 1 aliphatic rings. The van der Waals surface area contributed by atoms with Crippen LogP contribution in [0.1, 0.15) is 30.9 Å². The van der Waals surface area contributed by atoms with Crippen LogP contribution in [0, 0.1) is 0 Å². The Balaban J connectivity index is 1.17. The first-order valence-corrected chi connectivity index (χ1v) is 11.8. The first-order valence-electron chi connectivity index (χ1n) is 9.97. The number of benzene rings is 2. The van der Waals surface area contributed by atoms with Crippen LogP contribution >= 0.6 is 23.1 Å². The molecule has 5 nitrogen and oxygen atoms in total. The number of hydrogen-bond donors (Lipinski definition) is 2. The van der Waals surface area contributed by atoms with Crippen LogP contribution in [0.5, 0.6) is 0 Å². The van der Waals surface area contributed by atoms with Crippen LogP contribution < -0.4 is 10.9 Å². The van der Waals surface area contributed by atoms with E-state index in [0.29, 0.717) is 17.8 Å². The lowest BCUT2D eigenvalue weighted by Gasteiger charge is -2.18. The standard InChI is InChI=1S/C22H26N4OS2/c1-26(21(27)15-28-22-23-18-11-5-6-12-20(18)29-22)13-7-10-17-14-19(25-24-17)16-8-3-2-4-9-16/h2-6,8-9,11-12,17,19,24-25H,7,10,13-15H2,1H3. The molecule has 1 amide bonds. The zero-order valence-electron chi connectivity index (χ0n) is 16.5. The molecular formula is C22H26N4OS2. The number of carbonyl (C=O) groups excluding carboxylic acids is 1. The summed E-state index contributed by atoms with van der Waals surface area (Å²) in [5.41, 5.74) is 9.12. The van der Waals surface area contributed by atoms with E-state index in [2.05, 4.69) is 46.2 Å². The molecule has 7 heteroatoms. The third-order valence-corrected chi connectivity index (χ3v) is 7.41. The zero-order valence-corrected chi connectivity index (χ0v) is 18.1. The zero-order chi connectivity index (χ0) is 20.1. The van der Waals surface area contributed by atoms with Crippen molar-refractivity contribution in [2.45, 2.75) is 35.7 Å². The Morgan fingerprint density at radius 3 is 2.79 bits per heavy atom. The van der Waals surface area contributed by atoms with Crippen molar-refractivity contribution < 1.29 is 4.79 Å². The molecule has 1 aliphatic heterocycles. The van der Waals surface area contributed by atoms with E-state index in [9.17, 15) is 4.79 Å². The Labute approximate surface area is 179 Å². The Morgan fingerprint density at radius 2 is 1.97 bits per heavy atom. The van der Waals surface area contributed by atoms with Crippen LogP contribution in [0.4, 0.5) is 0 Å². The Kier molecular flexibility index (Phi) is 6.82. The van der Waals surface area contributed by atoms with Crippen LogP contribution in [0.2, 0.25) is 0 Å². The van der Waals surface area contributed by atoms with Gasteiger partial charge < -0.3 is 4.90 Å². The molecule has 2 heterocycles. The second-order valence-electron chi connectivity index (χ2n) is 7.38. The number of nitrogens with zero attached hydrogens (tertiary/aromatic N) is 2. The predicted molar refractivity (Wildman–Crippen MR) is 121 cm³/mol. The summed E-state index contributed by atoms with van der Waals surface area (Å²) in [4.78, 5) is 18.9. The number of carbonyl (C=O) groups is 1. The van der Waals surface area contributed by atoms with Crippen molar-refractivity contribution >= 4 is 39.2 Å². The van der Waals surface area contributed by atoms with Gasteiger partial charge in [0.05, 0.1) is 16.0 Å². The number of fused-ring (bicyclic) bond motifs is 1. The molecule has 2 aromatic carbocycles. The van der Waals surface area contributed by atoms with Gasteiger partial charge >= 0.3 is 0 Å². The largest absolute Gasteiger partial charge is 0.345 e. The third-order valence-electron chi connectivity index (χ3n) is 5.25. The van der Waals surface area contributed by atoms with E-state index in [0.717, 1.165) is 35.7 Å². The summed E-state index contributed by atoms with van der Waals surface area (Å²) in [6.45, 7) is 0.785. The summed E-state index contributed by atoms with van der Waals surface area (Å²) in [7, 11) is 1.90. The molecule has 3 aromatic rings. The smallest absolute Gasteiger partial charge is 0.232 e.